The van der Waals surface area contributed by atoms with E-state index in [0.29, 0.717) is 12.5 Å². The van der Waals surface area contributed by atoms with Gasteiger partial charge in [-0.1, -0.05) is 0 Å². The first-order valence-corrected chi connectivity index (χ1v) is 5.08. The predicted molar refractivity (Wildman–Crippen MR) is 59.7 cm³/mol. The van der Waals surface area contributed by atoms with Gasteiger partial charge in [-0.25, -0.2) is 0 Å². The van der Waals surface area contributed by atoms with Crippen LogP contribution in [0.1, 0.15) is 27.2 Å². The Hall–Kier alpha value is -0.610. The van der Waals surface area contributed by atoms with E-state index in [9.17, 15) is 0 Å². The van der Waals surface area contributed by atoms with Gasteiger partial charge in [-0.05, 0) is 27.8 Å². The van der Waals surface area contributed by atoms with Crippen molar-refractivity contribution in [2.45, 2.75) is 39.3 Å². The summed E-state index contributed by atoms with van der Waals surface area (Å²) in [5.41, 5.74) is 5.33. The average molecular weight is 201 g/mol. The fourth-order valence-corrected chi connectivity index (χ4v) is 1.13. The number of hydrogen-bond donors (Lipinski definition) is 2. The monoisotopic (exact) mass is 201 g/mol. The number of nitrogens with one attached hydrogen (secondary N) is 1. The first kappa shape index (κ1) is 13.4. The van der Waals surface area contributed by atoms with Gasteiger partial charge in [0.1, 0.15) is 0 Å². The van der Waals surface area contributed by atoms with Crippen molar-refractivity contribution >= 4 is 5.84 Å². The molecule has 4 nitrogen and oxygen atoms in total. The van der Waals surface area contributed by atoms with Gasteiger partial charge >= 0.3 is 0 Å². The number of nitrogens with zero attached hydrogens (tertiary/aromatic N) is 1. The normalized spacial score (nSPS) is 13.6. The van der Waals surface area contributed by atoms with Crippen LogP contribution in [0.5, 0.6) is 0 Å². The highest BCUT2D eigenvalue weighted by molar-refractivity contribution is 5.77. The van der Waals surface area contributed by atoms with E-state index in [-0.39, 0.29) is 11.9 Å². The largest absolute Gasteiger partial charge is 0.388 e. The second kappa shape index (κ2) is 6.79. The molecule has 0 fully saturated rings. The summed E-state index contributed by atoms with van der Waals surface area (Å²) in [7, 11) is 2.03. The molecule has 0 saturated carbocycles. The van der Waals surface area contributed by atoms with Gasteiger partial charge in [0.15, 0.2) is 0 Å². The SMILES string of the molecule is CC(C)OCCN(C)C(C)CC(=N)N. The van der Waals surface area contributed by atoms with Crippen molar-refractivity contribution in [1.82, 2.24) is 4.90 Å². The van der Waals surface area contributed by atoms with Gasteiger partial charge in [0.2, 0.25) is 0 Å². The fourth-order valence-electron chi connectivity index (χ4n) is 1.13. The van der Waals surface area contributed by atoms with Crippen LogP contribution < -0.4 is 5.73 Å². The number of hydrogen-bond acceptors (Lipinski definition) is 3. The van der Waals surface area contributed by atoms with Crippen LogP contribution in [-0.4, -0.2) is 43.1 Å². The summed E-state index contributed by atoms with van der Waals surface area (Å²) < 4.78 is 5.44. The van der Waals surface area contributed by atoms with Crippen molar-refractivity contribution in [2.24, 2.45) is 5.73 Å². The maximum Gasteiger partial charge on any atom is 0.0920 e. The number of ether oxygens (including phenoxy) is 1. The van der Waals surface area contributed by atoms with Crippen LogP contribution in [0.2, 0.25) is 0 Å². The Labute approximate surface area is 86.9 Å². The van der Waals surface area contributed by atoms with Crippen LogP contribution in [0.25, 0.3) is 0 Å². The summed E-state index contributed by atoms with van der Waals surface area (Å²) >= 11 is 0. The number of amidine groups is 1. The average Bonchev–Trinajstić information content (AvgIpc) is 2.01. The van der Waals surface area contributed by atoms with E-state index in [0.717, 1.165) is 13.2 Å². The minimum Gasteiger partial charge on any atom is -0.388 e. The van der Waals surface area contributed by atoms with Crippen molar-refractivity contribution in [2.75, 3.05) is 20.2 Å². The van der Waals surface area contributed by atoms with Crippen molar-refractivity contribution in [3.63, 3.8) is 0 Å². The van der Waals surface area contributed by atoms with E-state index in [2.05, 4.69) is 11.8 Å². The molecule has 0 bridgehead atoms. The van der Waals surface area contributed by atoms with Crippen LogP contribution in [-0.2, 0) is 4.74 Å². The Bertz CT molecular complexity index is 171. The quantitative estimate of drug-likeness (QED) is 0.478. The third-order valence-electron chi connectivity index (χ3n) is 2.16. The van der Waals surface area contributed by atoms with Crippen molar-refractivity contribution in [3.05, 3.63) is 0 Å². The summed E-state index contributed by atoms with van der Waals surface area (Å²) in [5.74, 6) is 0.245. The van der Waals surface area contributed by atoms with E-state index >= 15 is 0 Å². The van der Waals surface area contributed by atoms with Crippen molar-refractivity contribution in [3.8, 4) is 0 Å². The third kappa shape index (κ3) is 6.86. The summed E-state index contributed by atoms with van der Waals surface area (Å²) in [5, 5.41) is 7.18. The molecule has 0 heterocycles. The Morgan fingerprint density at radius 1 is 1.43 bits per heavy atom. The number of nitrogens with two attached hydrogens (primary N) is 1. The molecule has 84 valence electrons. The van der Waals surface area contributed by atoms with Crippen LogP contribution in [0.4, 0.5) is 0 Å². The van der Waals surface area contributed by atoms with Gasteiger partial charge in [-0.2, -0.15) is 0 Å². The molecule has 0 rings (SSSR count). The zero-order valence-electron chi connectivity index (χ0n) is 9.71. The molecule has 0 saturated heterocycles. The molecule has 0 aromatic rings. The summed E-state index contributed by atoms with van der Waals surface area (Å²) in [4.78, 5) is 2.16. The minimum atomic E-state index is 0.245. The van der Waals surface area contributed by atoms with Crippen LogP contribution in [0.3, 0.4) is 0 Å². The van der Waals surface area contributed by atoms with Crippen molar-refractivity contribution < 1.29 is 4.74 Å². The lowest BCUT2D eigenvalue weighted by molar-refractivity contribution is 0.0579. The Balaban J connectivity index is 3.61. The number of rotatable bonds is 7. The smallest absolute Gasteiger partial charge is 0.0920 e. The number of likely N-dealkylation sites (N-methyl/N-ethyl adjacent to an activating group) is 1. The molecular weight excluding hydrogens is 178 g/mol. The molecule has 4 heteroatoms. The van der Waals surface area contributed by atoms with E-state index in [1.807, 2.05) is 20.9 Å². The lowest BCUT2D eigenvalue weighted by Crippen LogP contribution is -2.35. The zero-order valence-corrected chi connectivity index (χ0v) is 9.71. The van der Waals surface area contributed by atoms with Gasteiger partial charge in [0.25, 0.3) is 0 Å². The van der Waals surface area contributed by atoms with Gasteiger partial charge in [-0.3, -0.25) is 5.41 Å². The van der Waals surface area contributed by atoms with Crippen LogP contribution in [0, 0.1) is 5.41 Å². The van der Waals surface area contributed by atoms with Gasteiger partial charge in [0, 0.05) is 19.0 Å². The molecule has 0 spiro atoms. The standard InChI is InChI=1S/C10H23N3O/c1-8(2)14-6-5-13(4)9(3)7-10(11)12/h8-9H,5-7H2,1-4H3,(H3,11,12). The molecule has 3 N–H and O–H groups in total. The molecular formula is C10H23N3O. The lowest BCUT2D eigenvalue weighted by Gasteiger charge is -2.24. The second-order valence-corrected chi connectivity index (χ2v) is 3.98. The minimum absolute atomic E-state index is 0.245. The van der Waals surface area contributed by atoms with E-state index < -0.39 is 0 Å². The molecule has 1 atom stereocenters. The molecule has 1 unspecified atom stereocenters. The van der Waals surface area contributed by atoms with E-state index in [1.165, 1.54) is 0 Å². The highest BCUT2D eigenvalue weighted by Crippen LogP contribution is 2.00. The fraction of sp³-hybridized carbons (Fsp3) is 0.900. The Morgan fingerprint density at radius 3 is 2.43 bits per heavy atom. The van der Waals surface area contributed by atoms with E-state index in [1.54, 1.807) is 0 Å². The molecule has 0 aromatic carbocycles. The Kier molecular flexibility index (Phi) is 6.49. The molecule has 0 radical (unpaired) electrons. The molecule has 0 aliphatic heterocycles. The van der Waals surface area contributed by atoms with Crippen LogP contribution >= 0.6 is 0 Å². The zero-order chi connectivity index (χ0) is 11.1. The van der Waals surface area contributed by atoms with Crippen LogP contribution in [0.15, 0.2) is 0 Å². The van der Waals surface area contributed by atoms with Gasteiger partial charge in [0.05, 0.1) is 18.5 Å². The predicted octanol–water partition coefficient (Wildman–Crippen LogP) is 1.06. The summed E-state index contributed by atoms with van der Waals surface area (Å²) in [6.45, 7) is 7.73. The molecule has 0 aliphatic rings. The molecule has 0 amide bonds. The second-order valence-electron chi connectivity index (χ2n) is 3.98. The lowest BCUT2D eigenvalue weighted by atomic mass is 10.2. The van der Waals surface area contributed by atoms with Gasteiger partial charge < -0.3 is 15.4 Å². The first-order chi connectivity index (χ1) is 6.43. The molecule has 14 heavy (non-hydrogen) atoms. The Morgan fingerprint density at radius 2 is 2.00 bits per heavy atom. The van der Waals surface area contributed by atoms with E-state index in [4.69, 9.17) is 15.9 Å². The molecule has 0 aliphatic carbocycles. The summed E-state index contributed by atoms with van der Waals surface area (Å²) in [6, 6.07) is 0.309. The third-order valence-corrected chi connectivity index (χ3v) is 2.16. The summed E-state index contributed by atoms with van der Waals surface area (Å²) in [6.07, 6.45) is 0.907. The van der Waals surface area contributed by atoms with Gasteiger partial charge in [-0.15, -0.1) is 0 Å². The van der Waals surface area contributed by atoms with Crippen molar-refractivity contribution in [1.29, 1.82) is 5.41 Å². The molecule has 0 aromatic heterocycles. The highest BCUT2D eigenvalue weighted by Gasteiger charge is 2.09. The topological polar surface area (TPSA) is 62.3 Å². The maximum atomic E-state index is 7.18. The first-order valence-electron chi connectivity index (χ1n) is 5.08. The maximum absolute atomic E-state index is 7.18. The highest BCUT2D eigenvalue weighted by atomic mass is 16.5.